The summed E-state index contributed by atoms with van der Waals surface area (Å²) < 4.78 is 1.01. The molecule has 2 heterocycles. The van der Waals surface area contributed by atoms with Crippen LogP contribution < -0.4 is 0 Å². The molecule has 2 aromatic heterocycles. The Kier molecular flexibility index (Phi) is 2.02. The predicted molar refractivity (Wildman–Crippen MR) is 54.3 cm³/mol. The number of rotatable bonds is 1. The van der Waals surface area contributed by atoms with E-state index >= 15 is 0 Å². The van der Waals surface area contributed by atoms with Crippen LogP contribution in [0.4, 0.5) is 0 Å². The number of aryl methyl sites for hydroxylation is 1. The van der Waals surface area contributed by atoms with Crippen LogP contribution in [0.2, 0.25) is 0 Å². The molecule has 2 aromatic rings. The third-order valence-electron chi connectivity index (χ3n) is 1.61. The van der Waals surface area contributed by atoms with E-state index < -0.39 is 0 Å². The van der Waals surface area contributed by atoms with E-state index in [1.54, 1.807) is 17.5 Å². The van der Waals surface area contributed by atoms with Crippen molar-refractivity contribution in [3.63, 3.8) is 0 Å². The van der Waals surface area contributed by atoms with Gasteiger partial charge in [-0.15, -0.1) is 11.3 Å². The third-order valence-corrected chi connectivity index (χ3v) is 3.07. The maximum atomic E-state index is 3.94. The molecule has 0 saturated heterocycles. The molecule has 0 spiro atoms. The van der Waals surface area contributed by atoms with E-state index in [-0.39, 0.29) is 0 Å². The van der Waals surface area contributed by atoms with Crippen LogP contribution in [0.5, 0.6) is 0 Å². The molecule has 0 amide bonds. The molecule has 0 aliphatic carbocycles. The summed E-state index contributed by atoms with van der Waals surface area (Å²) in [5, 5.41) is 9.00. The summed E-state index contributed by atoms with van der Waals surface area (Å²) in [7, 11) is 0. The van der Waals surface area contributed by atoms with Gasteiger partial charge in [-0.05, 0) is 28.9 Å². The van der Waals surface area contributed by atoms with Crippen molar-refractivity contribution >= 4 is 27.3 Å². The van der Waals surface area contributed by atoms with E-state index in [1.165, 1.54) is 10.4 Å². The molecule has 0 fully saturated rings. The fourth-order valence-corrected chi connectivity index (χ4v) is 2.16. The number of hydrogen-bond donors (Lipinski definition) is 1. The Balaban J connectivity index is 2.50. The van der Waals surface area contributed by atoms with Crippen molar-refractivity contribution in [3.05, 3.63) is 27.0 Å². The molecule has 0 atom stereocenters. The van der Waals surface area contributed by atoms with Gasteiger partial charge >= 0.3 is 0 Å². The maximum Gasteiger partial charge on any atom is 0.0800 e. The standard InChI is InChI=1S/C8H7BrN2S/c1-5-2-6(4-12-5)8-7(9)3-10-11-8/h2-4H,1H3,(H,10,11). The summed E-state index contributed by atoms with van der Waals surface area (Å²) >= 11 is 5.17. The van der Waals surface area contributed by atoms with E-state index in [9.17, 15) is 0 Å². The largest absolute Gasteiger partial charge is 0.277 e. The number of thiophene rings is 1. The van der Waals surface area contributed by atoms with Crippen LogP contribution in [0.1, 0.15) is 4.88 Å². The van der Waals surface area contributed by atoms with Crippen molar-refractivity contribution in [2.45, 2.75) is 6.92 Å². The Morgan fingerprint density at radius 2 is 2.42 bits per heavy atom. The Morgan fingerprint density at radius 1 is 1.58 bits per heavy atom. The molecule has 0 bridgehead atoms. The monoisotopic (exact) mass is 242 g/mol. The zero-order chi connectivity index (χ0) is 8.55. The van der Waals surface area contributed by atoms with Gasteiger partial charge in [0, 0.05) is 15.8 Å². The second-order valence-corrected chi connectivity index (χ2v) is 4.51. The third kappa shape index (κ3) is 1.32. The number of aromatic nitrogens is 2. The molecular formula is C8H7BrN2S. The van der Waals surface area contributed by atoms with E-state index in [0.29, 0.717) is 0 Å². The Morgan fingerprint density at radius 3 is 2.92 bits per heavy atom. The smallest absolute Gasteiger partial charge is 0.0800 e. The van der Waals surface area contributed by atoms with Crippen LogP contribution in [0.3, 0.4) is 0 Å². The minimum atomic E-state index is 1.01. The van der Waals surface area contributed by atoms with Gasteiger partial charge in [0.2, 0.25) is 0 Å². The zero-order valence-electron chi connectivity index (χ0n) is 6.47. The molecule has 0 aromatic carbocycles. The van der Waals surface area contributed by atoms with Gasteiger partial charge in [0.05, 0.1) is 16.4 Å². The number of aromatic amines is 1. The first-order valence-electron chi connectivity index (χ1n) is 3.52. The van der Waals surface area contributed by atoms with Crippen LogP contribution in [-0.4, -0.2) is 10.2 Å². The number of nitrogens with one attached hydrogen (secondary N) is 1. The predicted octanol–water partition coefficient (Wildman–Crippen LogP) is 3.21. The number of hydrogen-bond acceptors (Lipinski definition) is 2. The van der Waals surface area contributed by atoms with Gasteiger partial charge in [-0.1, -0.05) is 0 Å². The minimum absolute atomic E-state index is 1.01. The zero-order valence-corrected chi connectivity index (χ0v) is 8.87. The molecule has 2 nitrogen and oxygen atoms in total. The van der Waals surface area contributed by atoms with Gasteiger partial charge in [0.15, 0.2) is 0 Å². The molecule has 12 heavy (non-hydrogen) atoms. The lowest BCUT2D eigenvalue weighted by molar-refractivity contribution is 1.10. The molecule has 0 aliphatic heterocycles. The molecule has 62 valence electrons. The van der Waals surface area contributed by atoms with Gasteiger partial charge < -0.3 is 0 Å². The van der Waals surface area contributed by atoms with Crippen LogP contribution in [-0.2, 0) is 0 Å². The van der Waals surface area contributed by atoms with Gasteiger partial charge in [-0.2, -0.15) is 5.10 Å². The highest BCUT2D eigenvalue weighted by atomic mass is 79.9. The van der Waals surface area contributed by atoms with Gasteiger partial charge in [-0.3, -0.25) is 5.10 Å². The van der Waals surface area contributed by atoms with Crippen molar-refractivity contribution in [2.75, 3.05) is 0 Å². The first-order valence-corrected chi connectivity index (χ1v) is 5.19. The second kappa shape index (κ2) is 3.03. The summed E-state index contributed by atoms with van der Waals surface area (Å²) in [5.74, 6) is 0. The lowest BCUT2D eigenvalue weighted by Crippen LogP contribution is -1.73. The van der Waals surface area contributed by atoms with Crippen molar-refractivity contribution in [3.8, 4) is 11.3 Å². The highest BCUT2D eigenvalue weighted by Crippen LogP contribution is 2.28. The SMILES string of the molecule is Cc1cc(-c2[nH]ncc2Br)cs1. The molecule has 2 rings (SSSR count). The van der Waals surface area contributed by atoms with Crippen molar-refractivity contribution < 1.29 is 0 Å². The minimum Gasteiger partial charge on any atom is -0.277 e. The molecule has 0 aliphatic rings. The topological polar surface area (TPSA) is 28.7 Å². The summed E-state index contributed by atoms with van der Waals surface area (Å²) in [6.45, 7) is 2.10. The van der Waals surface area contributed by atoms with E-state index in [4.69, 9.17) is 0 Å². The summed E-state index contributed by atoms with van der Waals surface area (Å²) in [4.78, 5) is 1.31. The maximum absolute atomic E-state index is 3.94. The number of H-pyrrole nitrogens is 1. The Bertz CT molecular complexity index is 391. The molecule has 1 N–H and O–H groups in total. The highest BCUT2D eigenvalue weighted by molar-refractivity contribution is 9.10. The van der Waals surface area contributed by atoms with Crippen LogP contribution >= 0.6 is 27.3 Å². The second-order valence-electron chi connectivity index (χ2n) is 2.54. The Hall–Kier alpha value is -0.610. The fourth-order valence-electron chi connectivity index (χ4n) is 1.05. The average molecular weight is 243 g/mol. The highest BCUT2D eigenvalue weighted by Gasteiger charge is 2.05. The average Bonchev–Trinajstić information content (AvgIpc) is 2.58. The van der Waals surface area contributed by atoms with Gasteiger partial charge in [0.1, 0.15) is 0 Å². The van der Waals surface area contributed by atoms with Crippen LogP contribution in [0.15, 0.2) is 22.1 Å². The fraction of sp³-hybridized carbons (Fsp3) is 0.125. The quantitative estimate of drug-likeness (QED) is 0.818. The summed E-state index contributed by atoms with van der Waals surface area (Å²) in [5.41, 5.74) is 2.25. The first kappa shape index (κ1) is 8.01. The lowest BCUT2D eigenvalue weighted by atomic mass is 10.2. The van der Waals surface area contributed by atoms with E-state index in [2.05, 4.69) is 44.5 Å². The molecule has 0 saturated carbocycles. The van der Waals surface area contributed by atoms with Gasteiger partial charge in [0.25, 0.3) is 0 Å². The van der Waals surface area contributed by atoms with E-state index in [1.807, 2.05) is 0 Å². The molecule has 0 unspecified atom stereocenters. The van der Waals surface area contributed by atoms with E-state index in [0.717, 1.165) is 10.2 Å². The molecular weight excluding hydrogens is 236 g/mol. The van der Waals surface area contributed by atoms with Crippen molar-refractivity contribution in [1.82, 2.24) is 10.2 Å². The van der Waals surface area contributed by atoms with Crippen molar-refractivity contribution in [2.24, 2.45) is 0 Å². The summed E-state index contributed by atoms with van der Waals surface area (Å²) in [6.07, 6.45) is 1.77. The Labute approximate surface area is 82.8 Å². The normalized spacial score (nSPS) is 10.5. The number of nitrogens with zero attached hydrogens (tertiary/aromatic N) is 1. The molecule has 0 radical (unpaired) electrons. The summed E-state index contributed by atoms with van der Waals surface area (Å²) in [6, 6.07) is 2.14. The lowest BCUT2D eigenvalue weighted by Gasteiger charge is -1.90. The van der Waals surface area contributed by atoms with Gasteiger partial charge in [-0.25, -0.2) is 0 Å². The molecule has 4 heteroatoms. The van der Waals surface area contributed by atoms with Crippen molar-refractivity contribution in [1.29, 1.82) is 0 Å². The van der Waals surface area contributed by atoms with Crippen LogP contribution in [0.25, 0.3) is 11.3 Å². The van der Waals surface area contributed by atoms with Crippen LogP contribution in [0, 0.1) is 6.92 Å². The first-order chi connectivity index (χ1) is 5.77. The number of halogens is 1.